The van der Waals surface area contributed by atoms with Gasteiger partial charge in [-0.3, -0.25) is 9.59 Å². The van der Waals surface area contributed by atoms with Gasteiger partial charge in [-0.05, 0) is 59.8 Å². The molecule has 1 aromatic heterocycles. The molecule has 2 aromatic carbocycles. The first-order valence-corrected chi connectivity index (χ1v) is 13.0. The van der Waals surface area contributed by atoms with Gasteiger partial charge in [0.1, 0.15) is 5.00 Å². The first-order valence-electron chi connectivity index (χ1n) is 12.1. The molecule has 0 spiro atoms. The van der Waals surface area contributed by atoms with E-state index in [1.165, 1.54) is 4.88 Å². The average Bonchev–Trinajstić information content (AvgIpc) is 3.16. The minimum absolute atomic E-state index is 0.0971. The van der Waals surface area contributed by atoms with E-state index in [2.05, 4.69) is 38.3 Å². The van der Waals surface area contributed by atoms with E-state index >= 15 is 0 Å². The van der Waals surface area contributed by atoms with Crippen LogP contribution in [0.5, 0.6) is 0 Å². The number of rotatable bonds is 6. The van der Waals surface area contributed by atoms with Gasteiger partial charge < -0.3 is 10.6 Å². The minimum Gasteiger partial charge on any atom is -0.322 e. The molecule has 2 amide bonds. The van der Waals surface area contributed by atoms with Crippen molar-refractivity contribution in [1.29, 1.82) is 0 Å². The molecular formula is C29H34N2O2S. The maximum Gasteiger partial charge on any atom is 0.258 e. The topological polar surface area (TPSA) is 58.2 Å². The third kappa shape index (κ3) is 5.41. The molecule has 5 heteroatoms. The van der Waals surface area contributed by atoms with Crippen molar-refractivity contribution in [3.8, 4) is 0 Å². The lowest BCUT2D eigenvalue weighted by Gasteiger charge is -2.33. The summed E-state index contributed by atoms with van der Waals surface area (Å²) in [5, 5.41) is 6.89. The lowest BCUT2D eigenvalue weighted by Crippen LogP contribution is -2.27. The number of benzene rings is 2. The van der Waals surface area contributed by atoms with Gasteiger partial charge in [0.2, 0.25) is 5.91 Å². The Balaban J connectivity index is 1.65. The summed E-state index contributed by atoms with van der Waals surface area (Å²) in [5.74, 6) is 0.325. The molecule has 0 radical (unpaired) electrons. The fraction of sp³-hybridized carbons (Fsp3) is 0.379. The molecule has 4 rings (SSSR count). The van der Waals surface area contributed by atoms with E-state index in [9.17, 15) is 9.59 Å². The Morgan fingerprint density at radius 1 is 1.00 bits per heavy atom. The summed E-state index contributed by atoms with van der Waals surface area (Å²) in [4.78, 5) is 27.7. The fourth-order valence-electron chi connectivity index (χ4n) is 4.74. The monoisotopic (exact) mass is 474 g/mol. The normalized spacial score (nSPS) is 15.5. The van der Waals surface area contributed by atoms with Gasteiger partial charge in [0.25, 0.3) is 5.91 Å². The van der Waals surface area contributed by atoms with Crippen molar-refractivity contribution < 1.29 is 9.59 Å². The average molecular weight is 475 g/mol. The van der Waals surface area contributed by atoms with Gasteiger partial charge in [-0.15, -0.1) is 11.3 Å². The molecule has 4 nitrogen and oxygen atoms in total. The number of fused-ring (bicyclic) bond motifs is 1. The quantitative estimate of drug-likeness (QED) is 0.408. The second-order valence-corrected chi connectivity index (χ2v) is 11.3. The molecule has 0 saturated carbocycles. The maximum atomic E-state index is 13.6. The van der Waals surface area contributed by atoms with Crippen LogP contribution >= 0.6 is 11.3 Å². The molecular weight excluding hydrogens is 440 g/mol. The highest BCUT2D eigenvalue weighted by atomic mass is 32.1. The van der Waals surface area contributed by atoms with Gasteiger partial charge in [-0.25, -0.2) is 0 Å². The van der Waals surface area contributed by atoms with Crippen LogP contribution in [0.3, 0.4) is 0 Å². The Labute approximate surface area is 206 Å². The number of thiophene rings is 1. The number of carbonyl (C=O) groups excluding carboxylic acids is 2. The summed E-state index contributed by atoms with van der Waals surface area (Å²) < 4.78 is 0. The summed E-state index contributed by atoms with van der Waals surface area (Å²) in [6, 6.07) is 17.6. The van der Waals surface area contributed by atoms with E-state index < -0.39 is 0 Å². The molecule has 1 unspecified atom stereocenters. The van der Waals surface area contributed by atoms with Gasteiger partial charge in [0.15, 0.2) is 0 Å². The molecule has 1 aliphatic carbocycles. The van der Waals surface area contributed by atoms with Crippen LogP contribution in [-0.2, 0) is 30.5 Å². The van der Waals surface area contributed by atoms with Crippen LogP contribution in [0.4, 0.5) is 10.7 Å². The number of aryl methyl sites for hydroxylation is 1. The number of anilines is 2. The van der Waals surface area contributed by atoms with Gasteiger partial charge in [-0.2, -0.15) is 0 Å². The summed E-state index contributed by atoms with van der Waals surface area (Å²) in [5.41, 5.74) is 4.84. The van der Waals surface area contributed by atoms with Crippen molar-refractivity contribution in [2.75, 3.05) is 10.6 Å². The summed E-state index contributed by atoms with van der Waals surface area (Å²) in [6.07, 6.45) is 3.99. The lowest BCUT2D eigenvalue weighted by molar-refractivity contribution is -0.115. The third-order valence-electron chi connectivity index (χ3n) is 6.82. The molecule has 0 bridgehead atoms. The number of carbonyl (C=O) groups is 2. The van der Waals surface area contributed by atoms with E-state index in [0.717, 1.165) is 48.1 Å². The zero-order valence-electron chi connectivity index (χ0n) is 20.5. The predicted octanol–water partition coefficient (Wildman–Crippen LogP) is 6.90. The van der Waals surface area contributed by atoms with E-state index in [1.807, 2.05) is 54.6 Å². The van der Waals surface area contributed by atoms with Crippen LogP contribution < -0.4 is 10.6 Å². The number of hydrogen-bond donors (Lipinski definition) is 2. The first-order chi connectivity index (χ1) is 16.3. The Morgan fingerprint density at radius 2 is 1.71 bits per heavy atom. The molecule has 0 fully saturated rings. The van der Waals surface area contributed by atoms with Crippen molar-refractivity contribution in [3.63, 3.8) is 0 Å². The lowest BCUT2D eigenvalue weighted by atomic mass is 9.72. The highest BCUT2D eigenvalue weighted by Crippen LogP contribution is 2.44. The van der Waals surface area contributed by atoms with E-state index in [-0.39, 0.29) is 23.7 Å². The van der Waals surface area contributed by atoms with Crippen LogP contribution in [0.1, 0.15) is 66.0 Å². The van der Waals surface area contributed by atoms with Crippen LogP contribution in [-0.4, -0.2) is 11.8 Å². The molecule has 178 valence electrons. The van der Waals surface area contributed by atoms with E-state index in [0.29, 0.717) is 16.5 Å². The fourth-order valence-corrected chi connectivity index (χ4v) is 6.08. The minimum atomic E-state index is -0.136. The molecule has 34 heavy (non-hydrogen) atoms. The van der Waals surface area contributed by atoms with Crippen molar-refractivity contribution in [1.82, 2.24) is 0 Å². The summed E-state index contributed by atoms with van der Waals surface area (Å²) in [7, 11) is 0. The standard InChI is InChI=1S/C29H34N2O2S/c1-5-20-13-9-10-14-23(20)30-27(33)26-22-16-15-21(29(2,3)4)18-24(22)34-28(26)31-25(32)17-19-11-7-6-8-12-19/h6-14,21H,5,15-18H2,1-4H3,(H,30,33)(H,31,32). The van der Waals surface area contributed by atoms with Gasteiger partial charge >= 0.3 is 0 Å². The number of para-hydroxylation sites is 1. The number of nitrogens with one attached hydrogen (secondary N) is 2. The molecule has 2 N–H and O–H groups in total. The van der Waals surface area contributed by atoms with E-state index in [4.69, 9.17) is 0 Å². The first kappa shape index (κ1) is 24.2. The molecule has 1 aliphatic rings. The van der Waals surface area contributed by atoms with Crippen molar-refractivity contribution in [3.05, 3.63) is 81.7 Å². The Morgan fingerprint density at radius 3 is 2.41 bits per heavy atom. The number of amides is 2. The summed E-state index contributed by atoms with van der Waals surface area (Å²) >= 11 is 1.58. The molecule has 0 aliphatic heterocycles. The van der Waals surface area contributed by atoms with Gasteiger partial charge in [0, 0.05) is 10.6 Å². The van der Waals surface area contributed by atoms with Gasteiger partial charge in [0.05, 0.1) is 12.0 Å². The zero-order chi connectivity index (χ0) is 24.3. The molecule has 0 saturated heterocycles. The second-order valence-electron chi connectivity index (χ2n) is 10.2. The highest BCUT2D eigenvalue weighted by Gasteiger charge is 2.34. The van der Waals surface area contributed by atoms with Crippen LogP contribution in [0.25, 0.3) is 0 Å². The smallest absolute Gasteiger partial charge is 0.258 e. The Bertz CT molecular complexity index is 1170. The van der Waals surface area contributed by atoms with Crippen molar-refractivity contribution in [2.24, 2.45) is 11.3 Å². The van der Waals surface area contributed by atoms with Crippen molar-refractivity contribution in [2.45, 2.75) is 59.8 Å². The molecule has 3 aromatic rings. The Kier molecular flexibility index (Phi) is 7.22. The number of hydrogen-bond acceptors (Lipinski definition) is 3. The van der Waals surface area contributed by atoms with Crippen molar-refractivity contribution >= 4 is 33.8 Å². The maximum absolute atomic E-state index is 13.6. The Hall–Kier alpha value is -2.92. The van der Waals surface area contributed by atoms with Crippen LogP contribution in [0, 0.1) is 11.3 Å². The molecule has 1 heterocycles. The van der Waals surface area contributed by atoms with E-state index in [1.54, 1.807) is 11.3 Å². The molecule has 1 atom stereocenters. The summed E-state index contributed by atoms with van der Waals surface area (Å²) in [6.45, 7) is 8.94. The zero-order valence-corrected chi connectivity index (χ0v) is 21.4. The second kappa shape index (κ2) is 10.1. The highest BCUT2D eigenvalue weighted by molar-refractivity contribution is 7.17. The predicted molar refractivity (Wildman–Crippen MR) is 142 cm³/mol. The van der Waals surface area contributed by atoms with Crippen LogP contribution in [0.15, 0.2) is 54.6 Å². The third-order valence-corrected chi connectivity index (χ3v) is 7.99. The SMILES string of the molecule is CCc1ccccc1NC(=O)c1c(NC(=O)Cc2ccccc2)sc2c1CCC(C(C)(C)C)C2. The van der Waals surface area contributed by atoms with Gasteiger partial charge in [-0.1, -0.05) is 76.2 Å². The largest absolute Gasteiger partial charge is 0.322 e. The van der Waals surface area contributed by atoms with Crippen LogP contribution in [0.2, 0.25) is 0 Å².